The predicted octanol–water partition coefficient (Wildman–Crippen LogP) is 2.16. The van der Waals surface area contributed by atoms with E-state index >= 15 is 0 Å². The minimum absolute atomic E-state index is 0.257. The molecule has 1 aromatic heterocycles. The van der Waals surface area contributed by atoms with E-state index in [9.17, 15) is 0 Å². The SMILES string of the molecule is CCn1ncnc1CNC(C)c1ccc(OC)cc1. The smallest absolute Gasteiger partial charge is 0.140 e. The van der Waals surface area contributed by atoms with Crippen LogP contribution in [0.1, 0.15) is 31.3 Å². The third-order valence-electron chi connectivity index (χ3n) is 3.18. The van der Waals surface area contributed by atoms with Crippen molar-refractivity contribution in [3.63, 3.8) is 0 Å². The van der Waals surface area contributed by atoms with Crippen LogP contribution in [0.3, 0.4) is 0 Å². The molecule has 0 aliphatic heterocycles. The van der Waals surface area contributed by atoms with Crippen LogP contribution < -0.4 is 10.1 Å². The van der Waals surface area contributed by atoms with E-state index in [1.165, 1.54) is 5.56 Å². The predicted molar refractivity (Wildman–Crippen MR) is 73.9 cm³/mol. The molecule has 0 fully saturated rings. The quantitative estimate of drug-likeness (QED) is 0.864. The summed E-state index contributed by atoms with van der Waals surface area (Å²) in [5.74, 6) is 1.84. The highest BCUT2D eigenvalue weighted by Crippen LogP contribution is 2.17. The van der Waals surface area contributed by atoms with E-state index < -0.39 is 0 Å². The Hall–Kier alpha value is -1.88. The Kier molecular flexibility index (Phi) is 4.52. The molecular weight excluding hydrogens is 240 g/mol. The molecule has 1 atom stereocenters. The Bertz CT molecular complexity index is 506. The average molecular weight is 260 g/mol. The second kappa shape index (κ2) is 6.33. The number of methoxy groups -OCH3 is 1. The lowest BCUT2D eigenvalue weighted by Crippen LogP contribution is -2.20. The van der Waals surface area contributed by atoms with Crippen molar-refractivity contribution in [2.75, 3.05) is 7.11 Å². The average Bonchev–Trinajstić information content (AvgIpc) is 2.92. The van der Waals surface area contributed by atoms with E-state index in [1.54, 1.807) is 13.4 Å². The van der Waals surface area contributed by atoms with Gasteiger partial charge >= 0.3 is 0 Å². The van der Waals surface area contributed by atoms with Crippen LogP contribution in [-0.2, 0) is 13.1 Å². The summed E-state index contributed by atoms with van der Waals surface area (Å²) in [6, 6.07) is 8.35. The van der Waals surface area contributed by atoms with E-state index in [0.717, 1.165) is 18.1 Å². The largest absolute Gasteiger partial charge is 0.497 e. The summed E-state index contributed by atoms with van der Waals surface area (Å²) in [4.78, 5) is 4.25. The van der Waals surface area contributed by atoms with Crippen molar-refractivity contribution in [2.24, 2.45) is 0 Å². The van der Waals surface area contributed by atoms with Gasteiger partial charge in [0.05, 0.1) is 13.7 Å². The lowest BCUT2D eigenvalue weighted by molar-refractivity contribution is 0.414. The van der Waals surface area contributed by atoms with Gasteiger partial charge in [-0.3, -0.25) is 0 Å². The number of rotatable bonds is 6. The van der Waals surface area contributed by atoms with Crippen LogP contribution in [0, 0.1) is 0 Å². The Balaban J connectivity index is 1.95. The molecule has 19 heavy (non-hydrogen) atoms. The van der Waals surface area contributed by atoms with Gasteiger partial charge in [-0.2, -0.15) is 5.10 Å². The molecule has 0 saturated heterocycles. The van der Waals surface area contributed by atoms with Gasteiger partial charge in [-0.05, 0) is 31.5 Å². The van der Waals surface area contributed by atoms with Crippen LogP contribution in [0.2, 0.25) is 0 Å². The van der Waals surface area contributed by atoms with Gasteiger partial charge in [0.15, 0.2) is 0 Å². The Morgan fingerprint density at radius 1 is 1.32 bits per heavy atom. The summed E-state index contributed by atoms with van der Waals surface area (Å²) in [5, 5.41) is 7.61. The summed E-state index contributed by atoms with van der Waals surface area (Å²) < 4.78 is 7.05. The normalized spacial score (nSPS) is 12.4. The van der Waals surface area contributed by atoms with Gasteiger partial charge in [0.2, 0.25) is 0 Å². The van der Waals surface area contributed by atoms with E-state index in [-0.39, 0.29) is 6.04 Å². The molecule has 0 bridgehead atoms. The van der Waals surface area contributed by atoms with Crippen molar-refractivity contribution in [2.45, 2.75) is 33.0 Å². The van der Waals surface area contributed by atoms with Crippen LogP contribution >= 0.6 is 0 Å². The van der Waals surface area contributed by atoms with E-state index in [4.69, 9.17) is 4.74 Å². The fraction of sp³-hybridized carbons (Fsp3) is 0.429. The Morgan fingerprint density at radius 2 is 2.05 bits per heavy atom. The molecule has 0 saturated carbocycles. The van der Waals surface area contributed by atoms with Gasteiger partial charge in [0.1, 0.15) is 17.9 Å². The van der Waals surface area contributed by atoms with Crippen LogP contribution in [0.5, 0.6) is 5.75 Å². The van der Waals surface area contributed by atoms with Gasteiger partial charge < -0.3 is 10.1 Å². The highest BCUT2D eigenvalue weighted by Gasteiger charge is 2.07. The van der Waals surface area contributed by atoms with Crippen LogP contribution in [0.4, 0.5) is 0 Å². The molecule has 1 N–H and O–H groups in total. The maximum absolute atomic E-state index is 5.16. The zero-order chi connectivity index (χ0) is 13.7. The molecule has 1 heterocycles. The van der Waals surface area contributed by atoms with Crippen molar-refractivity contribution in [1.29, 1.82) is 0 Å². The van der Waals surface area contributed by atoms with Crippen LogP contribution in [0.25, 0.3) is 0 Å². The molecule has 5 nitrogen and oxygen atoms in total. The monoisotopic (exact) mass is 260 g/mol. The fourth-order valence-corrected chi connectivity index (χ4v) is 1.94. The van der Waals surface area contributed by atoms with Gasteiger partial charge in [-0.25, -0.2) is 9.67 Å². The molecule has 0 aliphatic rings. The maximum atomic E-state index is 5.16. The van der Waals surface area contributed by atoms with Crippen molar-refractivity contribution >= 4 is 0 Å². The minimum atomic E-state index is 0.257. The number of nitrogens with zero attached hydrogens (tertiary/aromatic N) is 3. The molecule has 2 rings (SSSR count). The van der Waals surface area contributed by atoms with Gasteiger partial charge in [-0.15, -0.1) is 0 Å². The van der Waals surface area contributed by atoms with Crippen molar-refractivity contribution in [1.82, 2.24) is 20.1 Å². The third kappa shape index (κ3) is 3.32. The first-order valence-electron chi connectivity index (χ1n) is 6.48. The van der Waals surface area contributed by atoms with Gasteiger partial charge in [0.25, 0.3) is 0 Å². The summed E-state index contributed by atoms with van der Waals surface area (Å²) >= 11 is 0. The number of nitrogens with one attached hydrogen (secondary N) is 1. The first-order valence-corrected chi connectivity index (χ1v) is 6.48. The van der Waals surface area contributed by atoms with Crippen LogP contribution in [-0.4, -0.2) is 21.9 Å². The van der Waals surface area contributed by atoms with Crippen LogP contribution in [0.15, 0.2) is 30.6 Å². The molecule has 1 aromatic carbocycles. The summed E-state index contributed by atoms with van der Waals surface area (Å²) in [6.07, 6.45) is 1.60. The zero-order valence-electron chi connectivity index (χ0n) is 11.6. The van der Waals surface area contributed by atoms with E-state index in [0.29, 0.717) is 6.54 Å². The molecule has 0 aliphatic carbocycles. The fourth-order valence-electron chi connectivity index (χ4n) is 1.94. The second-order valence-electron chi connectivity index (χ2n) is 4.37. The number of ether oxygens (including phenoxy) is 1. The standard InChI is InChI=1S/C14H20N4O/c1-4-18-14(16-10-17-18)9-15-11(2)12-5-7-13(19-3)8-6-12/h5-8,10-11,15H,4,9H2,1-3H3. The van der Waals surface area contributed by atoms with Crippen molar-refractivity contribution in [3.05, 3.63) is 42.0 Å². The number of hydrogen-bond donors (Lipinski definition) is 1. The first kappa shape index (κ1) is 13.5. The van der Waals surface area contributed by atoms with E-state index in [1.807, 2.05) is 16.8 Å². The third-order valence-corrected chi connectivity index (χ3v) is 3.18. The number of benzene rings is 1. The number of aryl methyl sites for hydroxylation is 1. The lowest BCUT2D eigenvalue weighted by atomic mass is 10.1. The summed E-state index contributed by atoms with van der Waals surface area (Å²) in [7, 11) is 1.67. The Labute approximate surface area is 113 Å². The topological polar surface area (TPSA) is 52.0 Å². The molecule has 0 amide bonds. The van der Waals surface area contributed by atoms with Gasteiger partial charge in [0, 0.05) is 12.6 Å². The number of hydrogen-bond acceptors (Lipinski definition) is 4. The second-order valence-corrected chi connectivity index (χ2v) is 4.37. The molecular formula is C14H20N4O. The van der Waals surface area contributed by atoms with Crippen molar-refractivity contribution < 1.29 is 4.74 Å². The molecule has 0 radical (unpaired) electrons. The molecule has 5 heteroatoms. The highest BCUT2D eigenvalue weighted by molar-refractivity contribution is 5.28. The zero-order valence-corrected chi connectivity index (χ0v) is 11.6. The number of aromatic nitrogens is 3. The van der Waals surface area contributed by atoms with Gasteiger partial charge in [-0.1, -0.05) is 12.1 Å². The minimum Gasteiger partial charge on any atom is -0.497 e. The molecule has 0 spiro atoms. The summed E-state index contributed by atoms with van der Waals surface area (Å²) in [6.45, 7) is 5.74. The summed E-state index contributed by atoms with van der Waals surface area (Å²) in [5.41, 5.74) is 1.23. The molecule has 102 valence electrons. The maximum Gasteiger partial charge on any atom is 0.140 e. The Morgan fingerprint density at radius 3 is 2.68 bits per heavy atom. The molecule has 2 aromatic rings. The highest BCUT2D eigenvalue weighted by atomic mass is 16.5. The lowest BCUT2D eigenvalue weighted by Gasteiger charge is -2.14. The van der Waals surface area contributed by atoms with Crippen molar-refractivity contribution in [3.8, 4) is 5.75 Å². The van der Waals surface area contributed by atoms with E-state index in [2.05, 4.69) is 41.4 Å². The molecule has 1 unspecified atom stereocenters. The first-order chi connectivity index (χ1) is 9.24.